The van der Waals surface area contributed by atoms with Gasteiger partial charge in [0.05, 0.1) is 0 Å². The lowest BCUT2D eigenvalue weighted by molar-refractivity contribution is 0.163. The summed E-state index contributed by atoms with van der Waals surface area (Å²) in [7, 11) is 0. The normalized spacial score (nSPS) is 39.8. The van der Waals surface area contributed by atoms with Gasteiger partial charge in [0.1, 0.15) is 0 Å². The fourth-order valence-electron chi connectivity index (χ4n) is 2.64. The second-order valence-corrected chi connectivity index (χ2v) is 4.11. The van der Waals surface area contributed by atoms with Gasteiger partial charge in [-0.15, -0.1) is 0 Å². The lowest BCUT2D eigenvalue weighted by Gasteiger charge is -2.31. The first-order valence-electron chi connectivity index (χ1n) is 4.77. The Morgan fingerprint density at radius 2 is 2.36 bits per heavy atom. The molecular weight excluding hydrogens is 136 g/mol. The molecule has 2 N–H and O–H groups in total. The number of nitrogens with two attached hydrogens (primary N) is 1. The molecule has 1 aliphatic carbocycles. The van der Waals surface area contributed by atoms with Crippen LogP contribution in [0.2, 0.25) is 0 Å². The van der Waals surface area contributed by atoms with Crippen LogP contribution in [0.4, 0.5) is 0 Å². The quantitative estimate of drug-likeness (QED) is 0.638. The van der Waals surface area contributed by atoms with E-state index >= 15 is 0 Å². The van der Waals surface area contributed by atoms with Crippen molar-refractivity contribution >= 4 is 0 Å². The molecule has 2 rings (SSSR count). The van der Waals surface area contributed by atoms with Crippen LogP contribution in [-0.2, 0) is 0 Å². The van der Waals surface area contributed by atoms with Crippen LogP contribution in [0.25, 0.3) is 0 Å². The summed E-state index contributed by atoms with van der Waals surface area (Å²) in [5.74, 6) is 1.01. The fourth-order valence-corrected chi connectivity index (χ4v) is 2.64. The smallest absolute Gasteiger partial charge is 0.0193 e. The SMILES string of the molecule is CC(CN)N1CC2CCC1C2. The van der Waals surface area contributed by atoms with E-state index in [0.717, 1.165) is 18.5 Å². The van der Waals surface area contributed by atoms with Crippen molar-refractivity contribution in [1.82, 2.24) is 4.90 Å². The van der Waals surface area contributed by atoms with Gasteiger partial charge in [-0.25, -0.2) is 0 Å². The van der Waals surface area contributed by atoms with Gasteiger partial charge < -0.3 is 5.73 Å². The van der Waals surface area contributed by atoms with Crippen molar-refractivity contribution in [2.75, 3.05) is 13.1 Å². The maximum Gasteiger partial charge on any atom is 0.0193 e. The summed E-state index contributed by atoms with van der Waals surface area (Å²) in [5, 5.41) is 0. The van der Waals surface area contributed by atoms with Crippen LogP contribution in [0.1, 0.15) is 26.2 Å². The van der Waals surface area contributed by atoms with Crippen LogP contribution in [0.3, 0.4) is 0 Å². The summed E-state index contributed by atoms with van der Waals surface area (Å²) in [6.45, 7) is 4.40. The van der Waals surface area contributed by atoms with Gasteiger partial charge in [-0.3, -0.25) is 4.90 Å². The lowest BCUT2D eigenvalue weighted by Crippen LogP contribution is -2.43. The molecule has 3 unspecified atom stereocenters. The number of rotatable bonds is 2. The number of likely N-dealkylation sites (tertiary alicyclic amines) is 1. The van der Waals surface area contributed by atoms with E-state index in [-0.39, 0.29) is 0 Å². The van der Waals surface area contributed by atoms with Gasteiger partial charge in [-0.05, 0) is 32.1 Å². The minimum absolute atomic E-state index is 0.616. The van der Waals surface area contributed by atoms with Crippen molar-refractivity contribution in [1.29, 1.82) is 0 Å². The molecule has 1 saturated heterocycles. The van der Waals surface area contributed by atoms with Gasteiger partial charge in [-0.2, -0.15) is 0 Å². The van der Waals surface area contributed by atoms with Crippen LogP contribution in [0.15, 0.2) is 0 Å². The largest absolute Gasteiger partial charge is 0.329 e. The summed E-state index contributed by atoms with van der Waals surface area (Å²) in [4.78, 5) is 2.61. The maximum atomic E-state index is 5.64. The van der Waals surface area contributed by atoms with Crippen LogP contribution in [0, 0.1) is 5.92 Å². The van der Waals surface area contributed by atoms with E-state index in [1.807, 2.05) is 0 Å². The Morgan fingerprint density at radius 1 is 1.55 bits per heavy atom. The summed E-state index contributed by atoms with van der Waals surface area (Å²) < 4.78 is 0. The predicted octanol–water partition coefficient (Wildman–Crippen LogP) is 0.818. The molecule has 2 aliphatic rings. The van der Waals surface area contributed by atoms with Gasteiger partial charge in [0.15, 0.2) is 0 Å². The highest BCUT2D eigenvalue weighted by Crippen LogP contribution is 2.38. The summed E-state index contributed by atoms with van der Waals surface area (Å²) in [6.07, 6.45) is 4.35. The molecule has 0 amide bonds. The first kappa shape index (κ1) is 7.56. The third kappa shape index (κ3) is 1.18. The molecule has 3 atom stereocenters. The van der Waals surface area contributed by atoms with Crippen LogP contribution >= 0.6 is 0 Å². The van der Waals surface area contributed by atoms with Crippen LogP contribution in [0.5, 0.6) is 0 Å². The molecule has 0 spiro atoms. The summed E-state index contributed by atoms with van der Waals surface area (Å²) >= 11 is 0. The number of fused-ring (bicyclic) bond motifs is 2. The second kappa shape index (κ2) is 2.76. The highest BCUT2D eigenvalue weighted by atomic mass is 15.2. The van der Waals surface area contributed by atoms with Gasteiger partial charge in [0, 0.05) is 25.2 Å². The van der Waals surface area contributed by atoms with E-state index < -0.39 is 0 Å². The van der Waals surface area contributed by atoms with Gasteiger partial charge in [0.25, 0.3) is 0 Å². The molecule has 64 valence electrons. The molecule has 1 aliphatic heterocycles. The van der Waals surface area contributed by atoms with E-state index in [9.17, 15) is 0 Å². The molecule has 2 fully saturated rings. The Hall–Kier alpha value is -0.0800. The van der Waals surface area contributed by atoms with Crippen molar-refractivity contribution in [3.63, 3.8) is 0 Å². The Labute approximate surface area is 68.7 Å². The molecule has 11 heavy (non-hydrogen) atoms. The highest BCUT2D eigenvalue weighted by molar-refractivity contribution is 4.94. The molecule has 2 nitrogen and oxygen atoms in total. The first-order valence-corrected chi connectivity index (χ1v) is 4.77. The van der Waals surface area contributed by atoms with Crippen LogP contribution in [-0.4, -0.2) is 30.1 Å². The average Bonchev–Trinajstić information content (AvgIpc) is 2.62. The summed E-state index contributed by atoms with van der Waals surface area (Å²) in [5.41, 5.74) is 5.64. The number of piperidine rings is 1. The molecule has 0 aromatic carbocycles. The second-order valence-electron chi connectivity index (χ2n) is 4.11. The minimum atomic E-state index is 0.616. The van der Waals surface area contributed by atoms with E-state index in [1.54, 1.807) is 0 Å². The van der Waals surface area contributed by atoms with Crippen molar-refractivity contribution < 1.29 is 0 Å². The van der Waals surface area contributed by atoms with Crippen molar-refractivity contribution in [3.05, 3.63) is 0 Å². The third-order valence-corrected chi connectivity index (χ3v) is 3.36. The monoisotopic (exact) mass is 154 g/mol. The van der Waals surface area contributed by atoms with Crippen LogP contribution < -0.4 is 5.73 Å². The lowest BCUT2D eigenvalue weighted by atomic mass is 10.1. The Morgan fingerprint density at radius 3 is 2.82 bits per heavy atom. The molecule has 2 heteroatoms. The van der Waals surface area contributed by atoms with E-state index in [4.69, 9.17) is 5.73 Å². The molecule has 2 bridgehead atoms. The maximum absolute atomic E-state index is 5.64. The minimum Gasteiger partial charge on any atom is -0.329 e. The molecule has 0 aromatic rings. The zero-order valence-corrected chi connectivity index (χ0v) is 7.29. The molecule has 1 saturated carbocycles. The number of hydrogen-bond acceptors (Lipinski definition) is 2. The standard InChI is InChI=1S/C9H18N2/c1-7(5-10)11-6-8-2-3-9(11)4-8/h7-9H,2-6,10H2,1H3. The van der Waals surface area contributed by atoms with E-state index in [0.29, 0.717) is 6.04 Å². The third-order valence-electron chi connectivity index (χ3n) is 3.36. The summed E-state index contributed by atoms with van der Waals surface area (Å²) in [6, 6.07) is 1.50. The average molecular weight is 154 g/mol. The Balaban J connectivity index is 1.96. The zero-order chi connectivity index (χ0) is 7.84. The van der Waals surface area contributed by atoms with E-state index in [2.05, 4.69) is 11.8 Å². The van der Waals surface area contributed by atoms with E-state index in [1.165, 1.54) is 25.8 Å². The zero-order valence-electron chi connectivity index (χ0n) is 7.29. The molecule has 0 radical (unpaired) electrons. The van der Waals surface area contributed by atoms with Crippen molar-refractivity contribution in [2.45, 2.75) is 38.3 Å². The van der Waals surface area contributed by atoms with Gasteiger partial charge >= 0.3 is 0 Å². The number of nitrogens with zero attached hydrogens (tertiary/aromatic N) is 1. The van der Waals surface area contributed by atoms with Crippen molar-refractivity contribution in [3.8, 4) is 0 Å². The fraction of sp³-hybridized carbons (Fsp3) is 1.00. The molecule has 1 heterocycles. The Kier molecular flexibility index (Phi) is 1.90. The Bertz CT molecular complexity index is 146. The molecule has 0 aromatic heterocycles. The highest BCUT2D eigenvalue weighted by Gasteiger charge is 2.39. The van der Waals surface area contributed by atoms with Crippen molar-refractivity contribution in [2.24, 2.45) is 11.7 Å². The van der Waals surface area contributed by atoms with Gasteiger partial charge in [0.2, 0.25) is 0 Å². The predicted molar refractivity (Wildman–Crippen MR) is 46.4 cm³/mol. The first-order chi connectivity index (χ1) is 5.31. The molecular formula is C9H18N2. The van der Waals surface area contributed by atoms with Gasteiger partial charge in [-0.1, -0.05) is 0 Å². The topological polar surface area (TPSA) is 29.3 Å². The number of hydrogen-bond donors (Lipinski definition) is 1.